The van der Waals surface area contributed by atoms with Gasteiger partial charge in [0.05, 0.1) is 5.69 Å². The number of pyridine rings is 1. The Morgan fingerprint density at radius 1 is 1.11 bits per heavy atom. The number of halogens is 1. The van der Waals surface area contributed by atoms with Gasteiger partial charge in [0.1, 0.15) is 16.5 Å². The largest absolute Gasteiger partial charge is 0.477 e. The minimum atomic E-state index is -1.05. The fraction of sp³-hybridized carbons (Fsp3) is 0.158. The maximum absolute atomic E-state index is 13.3. The lowest BCUT2D eigenvalue weighted by molar-refractivity contribution is 0.0703. The van der Waals surface area contributed by atoms with Crippen LogP contribution in [-0.4, -0.2) is 30.0 Å². The fourth-order valence-corrected chi connectivity index (χ4v) is 3.72. The van der Waals surface area contributed by atoms with Gasteiger partial charge >= 0.3 is 5.97 Å². The molecule has 0 fully saturated rings. The summed E-state index contributed by atoms with van der Waals surface area (Å²) < 4.78 is 19.5. The van der Waals surface area contributed by atoms with Crippen LogP contribution < -0.4 is 0 Å². The molecule has 0 aliphatic carbocycles. The molecule has 1 aromatic carbocycles. The van der Waals surface area contributed by atoms with Crippen molar-refractivity contribution in [1.29, 1.82) is 0 Å². The molecular formula is C19H15FN4O2S. The first-order chi connectivity index (χ1) is 13.0. The number of nitrogens with zero attached hydrogens (tertiary/aromatic N) is 4. The van der Waals surface area contributed by atoms with Crippen LogP contribution in [0.25, 0.3) is 28.0 Å². The van der Waals surface area contributed by atoms with Gasteiger partial charge in [-0.1, -0.05) is 13.8 Å². The van der Waals surface area contributed by atoms with Gasteiger partial charge in [0.2, 0.25) is 0 Å². The highest BCUT2D eigenvalue weighted by atomic mass is 32.1. The third kappa shape index (κ3) is 2.97. The van der Waals surface area contributed by atoms with Gasteiger partial charge in [0, 0.05) is 28.8 Å². The standard InChI is InChI=1S/C19H15FN4O2S/c1-10(2)18-22-21-14-8-5-12(9-24(14)18)15-16(23-27-17(15)19(25)26)11-3-6-13(20)7-4-11/h3-10H,1-2H3,(H,25,26). The Labute approximate surface area is 158 Å². The Morgan fingerprint density at radius 3 is 2.48 bits per heavy atom. The van der Waals surface area contributed by atoms with E-state index in [1.165, 1.54) is 12.1 Å². The lowest BCUT2D eigenvalue weighted by Gasteiger charge is -2.08. The van der Waals surface area contributed by atoms with Crippen molar-refractivity contribution in [3.05, 3.63) is 59.1 Å². The van der Waals surface area contributed by atoms with Gasteiger partial charge in [-0.3, -0.25) is 4.40 Å². The smallest absolute Gasteiger partial charge is 0.348 e. The third-order valence-electron chi connectivity index (χ3n) is 4.24. The number of hydrogen-bond acceptors (Lipinski definition) is 5. The van der Waals surface area contributed by atoms with Crippen molar-refractivity contribution < 1.29 is 14.3 Å². The quantitative estimate of drug-likeness (QED) is 0.563. The number of carboxylic acids is 1. The lowest BCUT2D eigenvalue weighted by Crippen LogP contribution is -1.99. The molecule has 3 heterocycles. The molecule has 0 bridgehead atoms. The van der Waals surface area contributed by atoms with E-state index in [2.05, 4.69) is 14.6 Å². The molecule has 0 spiro atoms. The summed E-state index contributed by atoms with van der Waals surface area (Å²) in [4.78, 5) is 11.9. The zero-order valence-electron chi connectivity index (χ0n) is 14.5. The first kappa shape index (κ1) is 17.3. The van der Waals surface area contributed by atoms with Gasteiger partial charge < -0.3 is 5.11 Å². The second-order valence-corrected chi connectivity index (χ2v) is 7.18. The molecule has 4 rings (SSSR count). The number of fused-ring (bicyclic) bond motifs is 1. The first-order valence-corrected chi connectivity index (χ1v) is 9.07. The molecule has 8 heteroatoms. The maximum Gasteiger partial charge on any atom is 0.348 e. The maximum atomic E-state index is 13.3. The van der Waals surface area contributed by atoms with Crippen molar-refractivity contribution in [2.24, 2.45) is 0 Å². The highest BCUT2D eigenvalue weighted by molar-refractivity contribution is 7.08. The number of hydrogen-bond donors (Lipinski definition) is 1. The van der Waals surface area contributed by atoms with E-state index in [1.807, 2.05) is 24.4 Å². The number of benzene rings is 1. The van der Waals surface area contributed by atoms with Crippen LogP contribution in [0.3, 0.4) is 0 Å². The summed E-state index contributed by atoms with van der Waals surface area (Å²) in [6, 6.07) is 9.45. The van der Waals surface area contributed by atoms with E-state index in [4.69, 9.17) is 0 Å². The van der Waals surface area contributed by atoms with Crippen LogP contribution in [0.2, 0.25) is 0 Å². The van der Waals surface area contributed by atoms with E-state index in [0.29, 0.717) is 28.0 Å². The van der Waals surface area contributed by atoms with Gasteiger partial charge in [-0.15, -0.1) is 10.2 Å². The summed E-state index contributed by atoms with van der Waals surface area (Å²) in [7, 11) is 0. The number of carboxylic acid groups (broad SMARTS) is 1. The number of aromatic carboxylic acids is 1. The number of rotatable bonds is 4. The van der Waals surface area contributed by atoms with Crippen LogP contribution in [0.4, 0.5) is 4.39 Å². The molecule has 0 unspecified atom stereocenters. The minimum Gasteiger partial charge on any atom is -0.477 e. The van der Waals surface area contributed by atoms with E-state index in [1.54, 1.807) is 24.3 Å². The van der Waals surface area contributed by atoms with Crippen molar-refractivity contribution >= 4 is 23.1 Å². The molecule has 1 N–H and O–H groups in total. The predicted molar refractivity (Wildman–Crippen MR) is 101 cm³/mol. The zero-order valence-corrected chi connectivity index (χ0v) is 15.4. The summed E-state index contributed by atoms with van der Waals surface area (Å²) in [5.41, 5.74) is 3.05. The van der Waals surface area contributed by atoms with Crippen molar-refractivity contribution in [3.63, 3.8) is 0 Å². The van der Waals surface area contributed by atoms with Gasteiger partial charge in [-0.25, -0.2) is 9.18 Å². The van der Waals surface area contributed by atoms with E-state index < -0.39 is 5.97 Å². The van der Waals surface area contributed by atoms with E-state index >= 15 is 0 Å². The van der Waals surface area contributed by atoms with Crippen molar-refractivity contribution in [3.8, 4) is 22.4 Å². The number of aromatic nitrogens is 4. The molecule has 3 aromatic heterocycles. The van der Waals surface area contributed by atoms with Crippen LogP contribution in [0, 0.1) is 5.82 Å². The van der Waals surface area contributed by atoms with E-state index in [9.17, 15) is 14.3 Å². The Bertz CT molecular complexity index is 1150. The molecule has 0 saturated heterocycles. The number of carbonyl (C=O) groups is 1. The van der Waals surface area contributed by atoms with Crippen LogP contribution in [-0.2, 0) is 0 Å². The molecule has 0 saturated carbocycles. The SMILES string of the molecule is CC(C)c1nnc2ccc(-c3c(-c4ccc(F)cc4)nsc3C(=O)O)cn12. The van der Waals surface area contributed by atoms with E-state index in [-0.39, 0.29) is 16.6 Å². The minimum absolute atomic E-state index is 0.132. The molecule has 27 heavy (non-hydrogen) atoms. The van der Waals surface area contributed by atoms with Gasteiger partial charge in [-0.2, -0.15) is 4.37 Å². The topological polar surface area (TPSA) is 80.4 Å². The Balaban J connectivity index is 1.96. The zero-order chi connectivity index (χ0) is 19.1. The molecule has 6 nitrogen and oxygen atoms in total. The Hall–Kier alpha value is -3.13. The average molecular weight is 382 g/mol. The second-order valence-electron chi connectivity index (χ2n) is 6.41. The van der Waals surface area contributed by atoms with Crippen molar-refractivity contribution in [2.45, 2.75) is 19.8 Å². The van der Waals surface area contributed by atoms with E-state index in [0.717, 1.165) is 17.4 Å². The average Bonchev–Trinajstić information content (AvgIpc) is 3.26. The van der Waals surface area contributed by atoms with Crippen LogP contribution in [0.5, 0.6) is 0 Å². The third-order valence-corrected chi connectivity index (χ3v) is 5.07. The van der Waals surface area contributed by atoms with Gasteiger partial charge in [0.25, 0.3) is 0 Å². The first-order valence-electron chi connectivity index (χ1n) is 8.29. The summed E-state index contributed by atoms with van der Waals surface area (Å²) in [5, 5.41) is 18.0. The van der Waals surface area contributed by atoms with Crippen LogP contribution in [0.1, 0.15) is 35.3 Å². The Kier molecular flexibility index (Phi) is 4.19. The van der Waals surface area contributed by atoms with Crippen molar-refractivity contribution in [2.75, 3.05) is 0 Å². The highest BCUT2D eigenvalue weighted by Gasteiger charge is 2.23. The molecular weight excluding hydrogens is 367 g/mol. The monoisotopic (exact) mass is 382 g/mol. The van der Waals surface area contributed by atoms with Crippen LogP contribution in [0.15, 0.2) is 42.6 Å². The summed E-state index contributed by atoms with van der Waals surface area (Å²) in [6.07, 6.45) is 1.83. The second kappa shape index (κ2) is 6.55. The summed E-state index contributed by atoms with van der Waals surface area (Å²) in [5.74, 6) is -0.466. The Morgan fingerprint density at radius 2 is 1.81 bits per heavy atom. The highest BCUT2D eigenvalue weighted by Crippen LogP contribution is 2.37. The summed E-state index contributed by atoms with van der Waals surface area (Å²) in [6.45, 7) is 4.03. The molecule has 0 atom stereocenters. The van der Waals surface area contributed by atoms with Crippen LogP contribution >= 0.6 is 11.5 Å². The predicted octanol–water partition coefficient (Wildman–Crippen LogP) is 4.48. The molecule has 0 aliphatic heterocycles. The molecule has 0 aliphatic rings. The van der Waals surface area contributed by atoms with Gasteiger partial charge in [0.15, 0.2) is 5.65 Å². The molecule has 4 aromatic rings. The lowest BCUT2D eigenvalue weighted by atomic mass is 10.0. The molecule has 0 radical (unpaired) electrons. The normalized spacial score (nSPS) is 11.4. The van der Waals surface area contributed by atoms with Gasteiger partial charge in [-0.05, 0) is 47.9 Å². The molecule has 0 amide bonds. The van der Waals surface area contributed by atoms with Crippen molar-refractivity contribution in [1.82, 2.24) is 19.0 Å². The summed E-state index contributed by atoms with van der Waals surface area (Å²) >= 11 is 0.912. The molecule has 136 valence electrons. The fourth-order valence-electron chi connectivity index (χ4n) is 2.96.